The van der Waals surface area contributed by atoms with Crippen molar-refractivity contribution in [2.45, 2.75) is 39.7 Å². The number of hydrogen-bond donors (Lipinski definition) is 0. The van der Waals surface area contributed by atoms with Gasteiger partial charge in [0.15, 0.2) is 0 Å². The van der Waals surface area contributed by atoms with Crippen LogP contribution in [0, 0.1) is 11.3 Å². The average Bonchev–Trinajstić information content (AvgIpc) is 2.70. The van der Waals surface area contributed by atoms with E-state index in [1.807, 2.05) is 6.07 Å². The van der Waals surface area contributed by atoms with Crippen molar-refractivity contribution in [2.75, 3.05) is 5.88 Å². The summed E-state index contributed by atoms with van der Waals surface area (Å²) in [5.41, 5.74) is 1.49. The average molecular weight is 253 g/mol. The van der Waals surface area contributed by atoms with Crippen LogP contribution in [0.5, 0.6) is 5.75 Å². The zero-order valence-electron chi connectivity index (χ0n) is 10.9. The minimum absolute atomic E-state index is 0.161. The number of ether oxygens (including phenoxy) is 1. The van der Waals surface area contributed by atoms with Gasteiger partial charge in [-0.1, -0.05) is 39.0 Å². The molecule has 1 aromatic carbocycles. The Morgan fingerprint density at radius 1 is 1.41 bits per heavy atom. The molecule has 0 amide bonds. The van der Waals surface area contributed by atoms with Gasteiger partial charge in [-0.15, -0.1) is 11.6 Å². The Bertz CT molecular complexity index is 363. The first kappa shape index (κ1) is 12.8. The molecule has 2 rings (SSSR count). The van der Waals surface area contributed by atoms with E-state index in [-0.39, 0.29) is 5.41 Å². The topological polar surface area (TPSA) is 9.23 Å². The highest BCUT2D eigenvalue weighted by Gasteiger charge is 2.34. The fraction of sp³-hybridized carbons (Fsp3) is 0.600. The van der Waals surface area contributed by atoms with Crippen molar-refractivity contribution in [3.63, 3.8) is 0 Å². The fourth-order valence-corrected chi connectivity index (χ4v) is 2.75. The largest absolute Gasteiger partial charge is 0.490 e. The first-order valence-corrected chi connectivity index (χ1v) is 6.89. The van der Waals surface area contributed by atoms with E-state index in [1.165, 1.54) is 5.56 Å². The van der Waals surface area contributed by atoms with Crippen LogP contribution < -0.4 is 4.74 Å². The van der Waals surface area contributed by atoms with Gasteiger partial charge in [-0.05, 0) is 29.4 Å². The Labute approximate surface area is 109 Å². The van der Waals surface area contributed by atoms with E-state index >= 15 is 0 Å². The van der Waals surface area contributed by atoms with Gasteiger partial charge in [0.25, 0.3) is 0 Å². The van der Waals surface area contributed by atoms with E-state index < -0.39 is 0 Å². The van der Waals surface area contributed by atoms with Crippen LogP contribution in [0.2, 0.25) is 0 Å². The molecule has 1 heterocycles. The molecule has 1 nitrogen and oxygen atoms in total. The highest BCUT2D eigenvalue weighted by molar-refractivity contribution is 6.18. The van der Waals surface area contributed by atoms with E-state index in [1.54, 1.807) is 0 Å². The van der Waals surface area contributed by atoms with Crippen molar-refractivity contribution in [3.8, 4) is 5.75 Å². The number of hydrogen-bond acceptors (Lipinski definition) is 1. The van der Waals surface area contributed by atoms with Gasteiger partial charge in [-0.3, -0.25) is 0 Å². The van der Waals surface area contributed by atoms with Gasteiger partial charge in [0.05, 0.1) is 0 Å². The maximum Gasteiger partial charge on any atom is 0.123 e. The summed E-state index contributed by atoms with van der Waals surface area (Å²) in [4.78, 5) is 0. The molecule has 94 valence electrons. The standard InChI is InChI=1S/C15H21ClO/c1-11(2)15(3,10-16)9-13-8-12-6-4-5-7-14(12)17-13/h4-7,11,13H,8-10H2,1-3H3. The smallest absolute Gasteiger partial charge is 0.123 e. The molecule has 1 aliphatic heterocycles. The summed E-state index contributed by atoms with van der Waals surface area (Å²) in [7, 11) is 0. The van der Waals surface area contributed by atoms with Crippen LogP contribution >= 0.6 is 11.6 Å². The van der Waals surface area contributed by atoms with Crippen molar-refractivity contribution in [3.05, 3.63) is 29.8 Å². The zero-order chi connectivity index (χ0) is 12.5. The van der Waals surface area contributed by atoms with Crippen LogP contribution in [0.4, 0.5) is 0 Å². The second kappa shape index (κ2) is 4.89. The molecule has 0 aliphatic carbocycles. The number of halogens is 1. The normalized spacial score (nSPS) is 22.1. The molecule has 1 aromatic rings. The molecule has 0 bridgehead atoms. The zero-order valence-corrected chi connectivity index (χ0v) is 11.6. The van der Waals surface area contributed by atoms with Crippen LogP contribution in [-0.4, -0.2) is 12.0 Å². The molecule has 1 aliphatic rings. The number of fused-ring (bicyclic) bond motifs is 1. The Balaban J connectivity index is 2.04. The Hall–Kier alpha value is -0.690. The molecule has 2 heteroatoms. The predicted molar refractivity (Wildman–Crippen MR) is 72.8 cm³/mol. The van der Waals surface area contributed by atoms with E-state index in [2.05, 4.69) is 39.0 Å². The van der Waals surface area contributed by atoms with Crippen LogP contribution in [-0.2, 0) is 6.42 Å². The monoisotopic (exact) mass is 252 g/mol. The van der Waals surface area contributed by atoms with Crippen LogP contribution in [0.1, 0.15) is 32.8 Å². The van der Waals surface area contributed by atoms with Crippen molar-refractivity contribution >= 4 is 11.6 Å². The van der Waals surface area contributed by atoms with E-state index in [0.29, 0.717) is 17.9 Å². The lowest BCUT2D eigenvalue weighted by Crippen LogP contribution is -2.32. The van der Waals surface area contributed by atoms with Gasteiger partial charge >= 0.3 is 0 Å². The van der Waals surface area contributed by atoms with Gasteiger partial charge in [-0.25, -0.2) is 0 Å². The first-order valence-electron chi connectivity index (χ1n) is 6.35. The summed E-state index contributed by atoms with van der Waals surface area (Å²) in [5.74, 6) is 2.33. The molecule has 0 fully saturated rings. The molecule has 0 aromatic heterocycles. The Morgan fingerprint density at radius 2 is 2.12 bits per heavy atom. The second-order valence-electron chi connectivity index (χ2n) is 5.70. The van der Waals surface area contributed by atoms with Crippen molar-refractivity contribution < 1.29 is 4.74 Å². The van der Waals surface area contributed by atoms with E-state index in [0.717, 1.165) is 18.6 Å². The molecule has 2 unspecified atom stereocenters. The SMILES string of the molecule is CC(C)C(C)(CCl)CC1Cc2ccccc2O1. The summed E-state index contributed by atoms with van der Waals surface area (Å²) < 4.78 is 6.00. The third-order valence-electron chi connectivity index (χ3n) is 4.11. The van der Waals surface area contributed by atoms with Crippen molar-refractivity contribution in [1.82, 2.24) is 0 Å². The third kappa shape index (κ3) is 2.60. The lowest BCUT2D eigenvalue weighted by Gasteiger charge is -2.33. The molecule has 17 heavy (non-hydrogen) atoms. The van der Waals surface area contributed by atoms with Crippen molar-refractivity contribution in [1.29, 1.82) is 0 Å². The molecular weight excluding hydrogens is 232 g/mol. The first-order chi connectivity index (χ1) is 8.05. The van der Waals surface area contributed by atoms with Crippen LogP contribution in [0.25, 0.3) is 0 Å². The predicted octanol–water partition coefficient (Wildman–Crippen LogP) is 4.28. The molecule has 0 spiro atoms. The highest BCUT2D eigenvalue weighted by Crippen LogP contribution is 2.38. The van der Waals surface area contributed by atoms with Gasteiger partial charge < -0.3 is 4.74 Å². The maximum atomic E-state index is 6.14. The maximum absolute atomic E-state index is 6.14. The molecule has 2 atom stereocenters. The molecule has 0 N–H and O–H groups in total. The van der Waals surface area contributed by atoms with Gasteiger partial charge in [0, 0.05) is 12.3 Å². The summed E-state index contributed by atoms with van der Waals surface area (Å²) in [6, 6.07) is 8.32. The number of para-hydroxylation sites is 1. The molecule has 0 saturated carbocycles. The second-order valence-corrected chi connectivity index (χ2v) is 5.97. The van der Waals surface area contributed by atoms with Gasteiger partial charge in [0.2, 0.25) is 0 Å². The summed E-state index contributed by atoms with van der Waals surface area (Å²) in [6.07, 6.45) is 2.34. The van der Waals surface area contributed by atoms with Gasteiger partial charge in [0.1, 0.15) is 11.9 Å². The summed E-state index contributed by atoms with van der Waals surface area (Å²) in [6.45, 7) is 6.74. The highest BCUT2D eigenvalue weighted by atomic mass is 35.5. The Kier molecular flexibility index (Phi) is 3.67. The minimum Gasteiger partial charge on any atom is -0.490 e. The van der Waals surface area contributed by atoms with Gasteiger partial charge in [-0.2, -0.15) is 0 Å². The number of alkyl halides is 1. The molecule has 0 saturated heterocycles. The quantitative estimate of drug-likeness (QED) is 0.727. The fourth-order valence-electron chi connectivity index (χ4n) is 2.33. The van der Waals surface area contributed by atoms with E-state index in [4.69, 9.17) is 16.3 Å². The van der Waals surface area contributed by atoms with Crippen LogP contribution in [0.3, 0.4) is 0 Å². The van der Waals surface area contributed by atoms with Crippen molar-refractivity contribution in [2.24, 2.45) is 11.3 Å². The summed E-state index contributed by atoms with van der Waals surface area (Å²) in [5, 5.41) is 0. The number of benzene rings is 1. The van der Waals surface area contributed by atoms with E-state index in [9.17, 15) is 0 Å². The lowest BCUT2D eigenvalue weighted by atomic mass is 9.76. The minimum atomic E-state index is 0.161. The third-order valence-corrected chi connectivity index (χ3v) is 4.72. The molecular formula is C15H21ClO. The number of rotatable bonds is 4. The Morgan fingerprint density at radius 3 is 2.71 bits per heavy atom. The van der Waals surface area contributed by atoms with Crippen LogP contribution in [0.15, 0.2) is 24.3 Å². The summed E-state index contributed by atoms with van der Waals surface area (Å²) >= 11 is 6.14. The lowest BCUT2D eigenvalue weighted by molar-refractivity contribution is 0.125. The molecule has 0 radical (unpaired) electrons.